The number of methoxy groups -OCH3 is 1. The zero-order chi connectivity index (χ0) is 9.98. The van der Waals surface area contributed by atoms with Crippen LogP contribution in [0.25, 0.3) is 0 Å². The van der Waals surface area contributed by atoms with Gasteiger partial charge in [-0.05, 0) is 6.08 Å². The molecule has 0 aliphatic rings. The van der Waals surface area contributed by atoms with Gasteiger partial charge in [0.1, 0.15) is 0 Å². The van der Waals surface area contributed by atoms with Crippen molar-refractivity contribution in [2.45, 2.75) is 6.92 Å². The summed E-state index contributed by atoms with van der Waals surface area (Å²) >= 11 is 3.13. The normalized spacial score (nSPS) is 9.08. The Kier molecular flexibility index (Phi) is 11.5. The minimum atomic E-state index is -0.245. The molecule has 0 heterocycles. The van der Waals surface area contributed by atoms with Crippen molar-refractivity contribution in [2.75, 3.05) is 7.11 Å². The Bertz CT molecular complexity index is 187. The van der Waals surface area contributed by atoms with Crippen molar-refractivity contribution < 1.29 is 9.53 Å². The first-order valence-electron chi connectivity index (χ1n) is 3.11. The van der Waals surface area contributed by atoms with Gasteiger partial charge in [0.15, 0.2) is 0 Å². The van der Waals surface area contributed by atoms with Crippen molar-refractivity contribution in [1.82, 2.24) is 0 Å². The first-order chi connectivity index (χ1) is 5.58. The number of allylic oxidation sites excluding steroid dienone is 3. The predicted octanol–water partition coefficient (Wildman–Crippen LogP) is 2.28. The van der Waals surface area contributed by atoms with E-state index in [0.29, 0.717) is 0 Å². The van der Waals surface area contributed by atoms with Gasteiger partial charge in [0, 0.05) is 17.6 Å². The number of nitrogens with one attached hydrogen (secondary N) is 1. The van der Waals surface area contributed by atoms with Crippen LogP contribution in [-0.2, 0) is 9.53 Å². The van der Waals surface area contributed by atoms with Gasteiger partial charge >= 0.3 is 5.97 Å². The van der Waals surface area contributed by atoms with Gasteiger partial charge in [0.2, 0.25) is 0 Å². The van der Waals surface area contributed by atoms with Crippen molar-refractivity contribution in [3.63, 3.8) is 0 Å². The number of halogens is 1. The number of hydrogen-bond donors (Lipinski definition) is 1. The van der Waals surface area contributed by atoms with Crippen molar-refractivity contribution >= 4 is 28.1 Å². The Morgan fingerprint density at radius 1 is 1.67 bits per heavy atom. The fourth-order valence-electron chi connectivity index (χ4n) is 0.148. The minimum Gasteiger partial charge on any atom is -0.469 e. The topological polar surface area (TPSA) is 50.1 Å². The van der Waals surface area contributed by atoms with Crippen LogP contribution in [0.15, 0.2) is 23.2 Å². The fourth-order valence-corrected chi connectivity index (χ4v) is 0.280. The highest BCUT2D eigenvalue weighted by molar-refractivity contribution is 9.11. The summed E-state index contributed by atoms with van der Waals surface area (Å²) in [5, 5.41) is 6.56. The molecule has 3 nitrogen and oxygen atoms in total. The van der Waals surface area contributed by atoms with E-state index in [2.05, 4.69) is 27.2 Å². The summed E-state index contributed by atoms with van der Waals surface area (Å²) in [7, 11) is 1.35. The number of hydrogen-bond acceptors (Lipinski definition) is 3. The summed E-state index contributed by atoms with van der Waals surface area (Å²) in [6, 6.07) is 0. The van der Waals surface area contributed by atoms with Crippen LogP contribution in [0.2, 0.25) is 0 Å². The summed E-state index contributed by atoms with van der Waals surface area (Å²) in [6.45, 7) is 4.82. The largest absolute Gasteiger partial charge is 0.469 e. The Morgan fingerprint density at radius 3 is 2.17 bits per heavy atom. The smallest absolute Gasteiger partial charge is 0.302 e. The van der Waals surface area contributed by atoms with E-state index >= 15 is 0 Å². The molecule has 0 aliphatic carbocycles. The molecule has 0 spiro atoms. The average Bonchev–Trinajstić information content (AvgIpc) is 2.06. The van der Waals surface area contributed by atoms with Crippen LogP contribution >= 0.6 is 15.9 Å². The highest BCUT2D eigenvalue weighted by Crippen LogP contribution is 2.01. The van der Waals surface area contributed by atoms with Crippen LogP contribution < -0.4 is 0 Å². The van der Waals surface area contributed by atoms with Gasteiger partial charge in [-0.1, -0.05) is 28.6 Å². The summed E-state index contributed by atoms with van der Waals surface area (Å²) in [5.41, 5.74) is 0. The molecule has 0 rings (SSSR count). The standard InChI is InChI=1S/C5H6BrN.C3H6O2/c1-2-5(6)3-4-7;1-3(4)5-2/h2-4,7H,1H2;1-2H3/b5-3+,7-4?;. The second kappa shape index (κ2) is 10.1. The average molecular weight is 234 g/mol. The van der Waals surface area contributed by atoms with Crippen LogP contribution in [0.4, 0.5) is 0 Å². The van der Waals surface area contributed by atoms with E-state index in [1.54, 1.807) is 12.2 Å². The van der Waals surface area contributed by atoms with E-state index in [9.17, 15) is 4.79 Å². The van der Waals surface area contributed by atoms with Gasteiger partial charge < -0.3 is 10.1 Å². The lowest BCUT2D eigenvalue weighted by Crippen LogP contribution is -1.88. The lowest BCUT2D eigenvalue weighted by Gasteiger charge is -1.80. The quantitative estimate of drug-likeness (QED) is 0.452. The van der Waals surface area contributed by atoms with Gasteiger partial charge in [-0.2, -0.15) is 0 Å². The van der Waals surface area contributed by atoms with Crippen molar-refractivity contribution in [1.29, 1.82) is 5.41 Å². The Morgan fingerprint density at radius 2 is 2.08 bits per heavy atom. The van der Waals surface area contributed by atoms with E-state index in [1.807, 2.05) is 0 Å². The van der Waals surface area contributed by atoms with Crippen LogP contribution in [0.5, 0.6) is 0 Å². The SMILES string of the molecule is C=C/C(Br)=C\C=N.COC(C)=O. The lowest BCUT2D eigenvalue weighted by atomic mass is 10.5. The van der Waals surface area contributed by atoms with E-state index in [1.165, 1.54) is 20.2 Å². The maximum Gasteiger partial charge on any atom is 0.302 e. The molecule has 0 amide bonds. The monoisotopic (exact) mass is 233 g/mol. The molecule has 0 aromatic rings. The molecule has 1 N–H and O–H groups in total. The molecular formula is C8H12BrNO2. The summed E-state index contributed by atoms with van der Waals surface area (Å²) < 4.78 is 4.95. The zero-order valence-corrected chi connectivity index (χ0v) is 8.72. The van der Waals surface area contributed by atoms with Gasteiger partial charge in [-0.15, -0.1) is 0 Å². The van der Waals surface area contributed by atoms with E-state index in [4.69, 9.17) is 5.41 Å². The molecule has 0 fully saturated rings. The molecule has 0 atom stereocenters. The molecule has 0 unspecified atom stereocenters. The van der Waals surface area contributed by atoms with Gasteiger partial charge in [0.25, 0.3) is 0 Å². The molecule has 0 radical (unpaired) electrons. The first kappa shape index (κ1) is 13.7. The molecule has 0 saturated heterocycles. The van der Waals surface area contributed by atoms with Gasteiger partial charge in [-0.25, -0.2) is 0 Å². The third kappa shape index (κ3) is 16.0. The van der Waals surface area contributed by atoms with Crippen molar-refractivity contribution in [3.05, 3.63) is 23.2 Å². The lowest BCUT2D eigenvalue weighted by molar-refractivity contribution is -0.137. The Labute approximate surface area is 80.7 Å². The Balaban J connectivity index is 0. The summed E-state index contributed by atoms with van der Waals surface area (Å²) in [6.07, 6.45) is 4.43. The van der Waals surface area contributed by atoms with Gasteiger partial charge in [-0.3, -0.25) is 4.79 Å². The second-order valence-electron chi connectivity index (χ2n) is 1.62. The maximum absolute atomic E-state index is 9.59. The molecule has 4 heteroatoms. The molecule has 0 aromatic heterocycles. The van der Waals surface area contributed by atoms with Crippen LogP contribution in [0, 0.1) is 5.41 Å². The van der Waals surface area contributed by atoms with Gasteiger partial charge in [0.05, 0.1) is 7.11 Å². The third-order valence-electron chi connectivity index (χ3n) is 0.725. The molecule has 68 valence electrons. The van der Waals surface area contributed by atoms with Crippen molar-refractivity contribution in [3.8, 4) is 0 Å². The highest BCUT2D eigenvalue weighted by Gasteiger charge is 1.75. The molecule has 0 aromatic carbocycles. The number of esters is 1. The van der Waals surface area contributed by atoms with E-state index < -0.39 is 0 Å². The fraction of sp³-hybridized carbons (Fsp3) is 0.250. The molecule has 0 aliphatic heterocycles. The third-order valence-corrected chi connectivity index (χ3v) is 1.31. The van der Waals surface area contributed by atoms with Crippen LogP contribution in [0.3, 0.4) is 0 Å². The second-order valence-corrected chi connectivity index (χ2v) is 2.53. The number of carbonyl (C=O) groups is 1. The minimum absolute atomic E-state index is 0.245. The maximum atomic E-state index is 9.59. The number of ether oxygens (including phenoxy) is 1. The van der Waals surface area contributed by atoms with Crippen molar-refractivity contribution in [2.24, 2.45) is 0 Å². The molecule has 0 bridgehead atoms. The van der Waals surface area contributed by atoms with E-state index in [0.717, 1.165) is 4.48 Å². The number of carbonyl (C=O) groups excluding carboxylic acids is 1. The highest BCUT2D eigenvalue weighted by atomic mass is 79.9. The molecule has 12 heavy (non-hydrogen) atoms. The summed E-state index contributed by atoms with van der Waals surface area (Å²) in [5.74, 6) is -0.245. The Hall–Kier alpha value is -0.900. The first-order valence-corrected chi connectivity index (χ1v) is 3.91. The zero-order valence-electron chi connectivity index (χ0n) is 7.13. The predicted molar refractivity (Wildman–Crippen MR) is 53.7 cm³/mol. The van der Waals surface area contributed by atoms with Crippen LogP contribution in [0.1, 0.15) is 6.92 Å². The molecular weight excluding hydrogens is 222 g/mol. The van der Waals surface area contributed by atoms with Crippen LogP contribution in [-0.4, -0.2) is 19.3 Å². The summed E-state index contributed by atoms with van der Waals surface area (Å²) in [4.78, 5) is 9.59. The number of rotatable bonds is 2. The molecule has 0 saturated carbocycles. The van der Waals surface area contributed by atoms with E-state index in [-0.39, 0.29) is 5.97 Å².